The third-order valence-electron chi connectivity index (χ3n) is 4.25. The number of rotatable bonds is 6. The van der Waals surface area contributed by atoms with Gasteiger partial charge >= 0.3 is 0 Å². The molecule has 0 aliphatic carbocycles. The van der Waals surface area contributed by atoms with Gasteiger partial charge in [-0.05, 0) is 54.4 Å². The van der Waals surface area contributed by atoms with Crippen molar-refractivity contribution in [3.63, 3.8) is 0 Å². The average molecular weight is 351 g/mol. The number of nitrogens with zero attached hydrogens (tertiary/aromatic N) is 1. The Kier molecular flexibility index (Phi) is 5.48. The van der Waals surface area contributed by atoms with E-state index in [0.29, 0.717) is 11.1 Å². The zero-order chi connectivity index (χ0) is 18.5. The van der Waals surface area contributed by atoms with Gasteiger partial charge in [-0.2, -0.15) is 5.48 Å². The van der Waals surface area contributed by atoms with Gasteiger partial charge in [-0.25, -0.2) is 0 Å². The van der Waals surface area contributed by atoms with E-state index in [1.165, 1.54) is 0 Å². The first-order valence-corrected chi connectivity index (χ1v) is 8.30. The van der Waals surface area contributed by atoms with Crippen molar-refractivity contribution in [2.24, 2.45) is 0 Å². The van der Waals surface area contributed by atoms with Crippen molar-refractivity contribution in [1.29, 1.82) is 0 Å². The van der Waals surface area contributed by atoms with Gasteiger partial charge in [0.25, 0.3) is 5.91 Å². The summed E-state index contributed by atoms with van der Waals surface area (Å²) in [5, 5.41) is 21.2. The number of amides is 1. The van der Waals surface area contributed by atoms with E-state index in [9.17, 15) is 9.90 Å². The number of hydrogen-bond donors (Lipinski definition) is 4. The predicted octanol–water partition coefficient (Wildman–Crippen LogP) is 2.94. The Morgan fingerprint density at radius 1 is 0.962 bits per heavy atom. The van der Waals surface area contributed by atoms with Crippen LogP contribution in [0.15, 0.2) is 73.1 Å². The summed E-state index contributed by atoms with van der Waals surface area (Å²) in [7, 11) is 0. The molecule has 26 heavy (non-hydrogen) atoms. The van der Waals surface area contributed by atoms with Crippen molar-refractivity contribution < 1.29 is 15.1 Å². The highest BCUT2D eigenvalue weighted by Gasteiger charge is 2.12. The third-order valence-corrected chi connectivity index (χ3v) is 4.25. The van der Waals surface area contributed by atoms with Crippen LogP contribution in [0.3, 0.4) is 0 Å². The molecular weight excluding hydrogens is 330 g/mol. The highest BCUT2D eigenvalue weighted by atomic mass is 16.5. The van der Waals surface area contributed by atoms with Gasteiger partial charge in [0.1, 0.15) is 0 Å². The summed E-state index contributed by atoms with van der Waals surface area (Å²) in [5.74, 6) is -0.155. The van der Waals surface area contributed by atoms with Gasteiger partial charge in [0.15, 0.2) is 6.23 Å². The van der Waals surface area contributed by atoms with E-state index in [1.54, 1.807) is 41.9 Å². The van der Waals surface area contributed by atoms with Crippen molar-refractivity contribution in [1.82, 2.24) is 15.4 Å². The second-order valence-electron chi connectivity index (χ2n) is 6.03. The summed E-state index contributed by atoms with van der Waals surface area (Å²) < 4.78 is 1.97. The maximum atomic E-state index is 12.4. The van der Waals surface area contributed by atoms with E-state index in [0.717, 1.165) is 11.3 Å². The van der Waals surface area contributed by atoms with Crippen molar-refractivity contribution >= 4 is 5.91 Å². The number of nitrogens with one attached hydrogen (secondary N) is 2. The smallest absolute Gasteiger partial charge is 0.251 e. The molecule has 6 heteroatoms. The van der Waals surface area contributed by atoms with Crippen LogP contribution < -0.4 is 10.8 Å². The molecule has 1 heterocycles. The highest BCUT2D eigenvalue weighted by molar-refractivity contribution is 5.94. The van der Waals surface area contributed by atoms with E-state index in [1.807, 2.05) is 48.1 Å². The molecule has 0 fully saturated rings. The Hall–Kier alpha value is -2.93. The van der Waals surface area contributed by atoms with E-state index >= 15 is 0 Å². The van der Waals surface area contributed by atoms with Crippen molar-refractivity contribution in [3.05, 3.63) is 89.7 Å². The van der Waals surface area contributed by atoms with Gasteiger partial charge in [-0.3, -0.25) is 4.79 Å². The number of aliphatic hydroxyl groups is 1. The molecular formula is C20H21N3O3. The summed E-state index contributed by atoms with van der Waals surface area (Å²) in [4.78, 5) is 12.4. The molecule has 2 aromatic carbocycles. The summed E-state index contributed by atoms with van der Waals surface area (Å²) in [6, 6.07) is 18.1. The number of hydrogen-bond acceptors (Lipinski definition) is 4. The Bertz CT molecular complexity index is 843. The lowest BCUT2D eigenvalue weighted by Gasteiger charge is -2.16. The van der Waals surface area contributed by atoms with Gasteiger partial charge in [-0.1, -0.05) is 24.3 Å². The lowest BCUT2D eigenvalue weighted by molar-refractivity contribution is 0.000688. The Balaban J connectivity index is 1.65. The minimum atomic E-state index is -1.13. The van der Waals surface area contributed by atoms with Gasteiger partial charge in [-0.15, -0.1) is 0 Å². The molecule has 3 rings (SSSR count). The number of aliphatic hydroxyl groups excluding tert-OH is 1. The second-order valence-corrected chi connectivity index (χ2v) is 6.03. The quantitative estimate of drug-likeness (QED) is 0.406. The number of aromatic nitrogens is 1. The molecule has 0 saturated carbocycles. The Morgan fingerprint density at radius 2 is 1.54 bits per heavy atom. The van der Waals surface area contributed by atoms with Crippen molar-refractivity contribution in [2.75, 3.05) is 0 Å². The number of benzene rings is 2. The maximum absolute atomic E-state index is 12.4. The zero-order valence-corrected chi connectivity index (χ0v) is 14.3. The Labute approximate surface area is 151 Å². The fraction of sp³-hybridized carbons (Fsp3) is 0.150. The SMILES string of the molecule is CC(NC(=O)c1ccc(-n2cccc2)cc1)c1ccc(C(O)NO)cc1. The van der Waals surface area contributed by atoms with Crippen LogP contribution in [0.4, 0.5) is 0 Å². The van der Waals surface area contributed by atoms with Crippen LogP contribution in [-0.2, 0) is 0 Å². The minimum absolute atomic E-state index is 0.155. The summed E-state index contributed by atoms with van der Waals surface area (Å²) >= 11 is 0. The van der Waals surface area contributed by atoms with Crippen molar-refractivity contribution in [2.45, 2.75) is 19.2 Å². The number of hydroxylamine groups is 1. The predicted molar refractivity (Wildman–Crippen MR) is 98.0 cm³/mol. The van der Waals surface area contributed by atoms with E-state index in [2.05, 4.69) is 5.32 Å². The van der Waals surface area contributed by atoms with Crippen LogP contribution in [-0.4, -0.2) is 20.8 Å². The van der Waals surface area contributed by atoms with E-state index < -0.39 is 6.23 Å². The largest absolute Gasteiger partial charge is 0.372 e. The van der Waals surface area contributed by atoms with Crippen LogP contribution in [0.1, 0.15) is 40.7 Å². The van der Waals surface area contributed by atoms with E-state index in [-0.39, 0.29) is 11.9 Å². The maximum Gasteiger partial charge on any atom is 0.251 e. The fourth-order valence-corrected chi connectivity index (χ4v) is 2.70. The van der Waals surface area contributed by atoms with Crippen LogP contribution in [0.25, 0.3) is 5.69 Å². The lowest BCUT2D eigenvalue weighted by atomic mass is 10.0. The standard InChI is InChI=1S/C20H21N3O3/c1-14(15-4-6-17(7-5-15)20(25)22-26)21-19(24)16-8-10-18(11-9-16)23-12-2-3-13-23/h2-14,20,22,25-26H,1H3,(H,21,24). The molecule has 0 bridgehead atoms. The Morgan fingerprint density at radius 3 is 2.12 bits per heavy atom. The van der Waals surface area contributed by atoms with Gasteiger partial charge in [0.2, 0.25) is 0 Å². The molecule has 0 aliphatic heterocycles. The molecule has 3 aromatic rings. The molecule has 4 N–H and O–H groups in total. The second kappa shape index (κ2) is 7.97. The molecule has 1 aromatic heterocycles. The first-order valence-electron chi connectivity index (χ1n) is 8.30. The minimum Gasteiger partial charge on any atom is -0.372 e. The molecule has 2 atom stereocenters. The molecule has 0 spiro atoms. The zero-order valence-electron chi connectivity index (χ0n) is 14.3. The van der Waals surface area contributed by atoms with Crippen LogP contribution >= 0.6 is 0 Å². The summed E-state index contributed by atoms with van der Waals surface area (Å²) in [6.07, 6.45) is 2.77. The summed E-state index contributed by atoms with van der Waals surface area (Å²) in [6.45, 7) is 1.89. The molecule has 1 amide bonds. The van der Waals surface area contributed by atoms with Gasteiger partial charge < -0.3 is 20.2 Å². The lowest BCUT2D eigenvalue weighted by Crippen LogP contribution is -2.26. The van der Waals surface area contributed by atoms with Gasteiger partial charge in [0.05, 0.1) is 6.04 Å². The monoisotopic (exact) mass is 351 g/mol. The summed E-state index contributed by atoms with van der Waals surface area (Å²) in [5.41, 5.74) is 4.80. The number of carbonyl (C=O) groups is 1. The first-order chi connectivity index (χ1) is 12.6. The van der Waals surface area contributed by atoms with E-state index in [4.69, 9.17) is 5.21 Å². The fourth-order valence-electron chi connectivity index (χ4n) is 2.70. The first kappa shape index (κ1) is 17.9. The topological polar surface area (TPSA) is 86.5 Å². The van der Waals surface area contributed by atoms with Crippen LogP contribution in [0, 0.1) is 0 Å². The normalized spacial score (nSPS) is 13.2. The molecule has 0 radical (unpaired) electrons. The van der Waals surface area contributed by atoms with Crippen LogP contribution in [0.2, 0.25) is 0 Å². The van der Waals surface area contributed by atoms with Gasteiger partial charge in [0, 0.05) is 23.6 Å². The average Bonchev–Trinajstić information content (AvgIpc) is 3.22. The molecule has 0 aliphatic rings. The van der Waals surface area contributed by atoms with Crippen LogP contribution in [0.5, 0.6) is 0 Å². The van der Waals surface area contributed by atoms with Crippen molar-refractivity contribution in [3.8, 4) is 5.69 Å². The molecule has 134 valence electrons. The molecule has 0 saturated heterocycles. The number of carbonyl (C=O) groups excluding carboxylic acids is 1. The molecule has 2 unspecified atom stereocenters. The molecule has 6 nitrogen and oxygen atoms in total. The third kappa shape index (κ3) is 4.00. The highest BCUT2D eigenvalue weighted by Crippen LogP contribution is 2.17.